The molecule has 5 nitrogen and oxygen atoms in total. The number of benzene rings is 1. The summed E-state index contributed by atoms with van der Waals surface area (Å²) in [6.45, 7) is 1.48. The second kappa shape index (κ2) is 9.07. The lowest BCUT2D eigenvalue weighted by atomic mass is 9.74. The molecule has 1 aromatic carbocycles. The molecular weight excluding hydrogens is 364 g/mol. The largest absolute Gasteiger partial charge is 0.480 e. The molecule has 0 aromatic heterocycles. The molecule has 0 spiro atoms. The van der Waals surface area contributed by atoms with Crippen LogP contribution in [0, 0.1) is 5.92 Å². The number of likely N-dealkylation sites (tertiary alicyclic amines) is 1. The summed E-state index contributed by atoms with van der Waals surface area (Å²) in [5.74, 6) is -0.260. The van der Waals surface area contributed by atoms with Crippen LogP contribution in [0.2, 0.25) is 5.02 Å². The van der Waals surface area contributed by atoms with Gasteiger partial charge in [0.05, 0.1) is 6.54 Å². The highest BCUT2D eigenvalue weighted by atomic mass is 35.5. The van der Waals surface area contributed by atoms with Gasteiger partial charge in [-0.15, -0.1) is 0 Å². The fourth-order valence-corrected chi connectivity index (χ4v) is 4.87. The predicted molar refractivity (Wildman–Crippen MR) is 106 cm³/mol. The molecule has 1 amide bonds. The maximum absolute atomic E-state index is 13.3. The standard InChI is InChI=1S/C21H29ClN2O3/c1-23(14-20(25)26)17-9-11-24(12-10-17)21(27)19-8-3-2-7-18(19)15-5-4-6-16(22)13-15/h4-6,13,17-19H,2-3,7-12,14H2,1H3,(H,25,26)/t18-,19+/m0/s1. The Labute approximate surface area is 166 Å². The summed E-state index contributed by atoms with van der Waals surface area (Å²) in [4.78, 5) is 28.1. The lowest BCUT2D eigenvalue weighted by Crippen LogP contribution is -2.49. The van der Waals surface area contributed by atoms with E-state index in [1.54, 1.807) is 0 Å². The number of piperidine rings is 1. The number of halogens is 1. The van der Waals surface area contributed by atoms with Gasteiger partial charge < -0.3 is 10.0 Å². The van der Waals surface area contributed by atoms with Crippen LogP contribution in [0.25, 0.3) is 0 Å². The van der Waals surface area contributed by atoms with Crippen LogP contribution < -0.4 is 0 Å². The minimum Gasteiger partial charge on any atom is -0.480 e. The van der Waals surface area contributed by atoms with E-state index < -0.39 is 5.97 Å². The molecular formula is C21H29ClN2O3. The van der Waals surface area contributed by atoms with Crippen LogP contribution in [0.3, 0.4) is 0 Å². The van der Waals surface area contributed by atoms with Crippen molar-refractivity contribution in [2.24, 2.45) is 5.92 Å². The number of rotatable bonds is 5. The van der Waals surface area contributed by atoms with Crippen LogP contribution in [0.15, 0.2) is 24.3 Å². The second-order valence-electron chi connectivity index (χ2n) is 7.92. The Morgan fingerprint density at radius 1 is 1.19 bits per heavy atom. The highest BCUT2D eigenvalue weighted by Crippen LogP contribution is 2.40. The first-order valence-corrected chi connectivity index (χ1v) is 10.3. The Kier molecular flexibility index (Phi) is 6.77. The SMILES string of the molecule is CN(CC(=O)O)C1CCN(C(=O)[C@@H]2CCCC[C@H]2c2cccc(Cl)c2)CC1. The zero-order valence-corrected chi connectivity index (χ0v) is 16.7. The van der Waals surface area contributed by atoms with E-state index in [0.717, 1.165) is 43.5 Å². The first-order chi connectivity index (χ1) is 13.0. The van der Waals surface area contributed by atoms with Gasteiger partial charge in [-0.2, -0.15) is 0 Å². The van der Waals surface area contributed by atoms with Gasteiger partial charge in [-0.25, -0.2) is 0 Å². The number of carboxylic acid groups (broad SMARTS) is 1. The number of aliphatic carboxylic acids is 1. The van der Waals surface area contributed by atoms with Crippen LogP contribution in [0.1, 0.15) is 50.0 Å². The van der Waals surface area contributed by atoms with Crippen molar-refractivity contribution in [1.82, 2.24) is 9.80 Å². The van der Waals surface area contributed by atoms with Crippen molar-refractivity contribution in [2.75, 3.05) is 26.7 Å². The molecule has 1 aliphatic heterocycles. The van der Waals surface area contributed by atoms with Gasteiger partial charge in [0.25, 0.3) is 0 Å². The Morgan fingerprint density at radius 3 is 2.56 bits per heavy atom. The minimum atomic E-state index is -0.803. The highest BCUT2D eigenvalue weighted by Gasteiger charge is 2.36. The van der Waals surface area contributed by atoms with E-state index in [1.165, 1.54) is 5.56 Å². The zero-order chi connectivity index (χ0) is 19.4. The monoisotopic (exact) mass is 392 g/mol. The third kappa shape index (κ3) is 5.02. The van der Waals surface area contributed by atoms with Gasteiger partial charge in [0.2, 0.25) is 5.91 Å². The fourth-order valence-electron chi connectivity index (χ4n) is 4.67. The highest BCUT2D eigenvalue weighted by molar-refractivity contribution is 6.30. The minimum absolute atomic E-state index is 0.0329. The molecule has 6 heteroatoms. The molecule has 1 aliphatic carbocycles. The summed E-state index contributed by atoms with van der Waals surface area (Å²) in [7, 11) is 1.85. The third-order valence-corrected chi connectivity index (χ3v) is 6.38. The summed E-state index contributed by atoms with van der Waals surface area (Å²) in [5.41, 5.74) is 1.18. The number of hydrogen-bond donors (Lipinski definition) is 1. The second-order valence-corrected chi connectivity index (χ2v) is 8.35. The van der Waals surface area contributed by atoms with Crippen LogP contribution in [-0.2, 0) is 9.59 Å². The van der Waals surface area contributed by atoms with E-state index in [4.69, 9.17) is 16.7 Å². The zero-order valence-electron chi connectivity index (χ0n) is 15.9. The van der Waals surface area contributed by atoms with Crippen molar-refractivity contribution in [3.05, 3.63) is 34.9 Å². The van der Waals surface area contributed by atoms with Crippen molar-refractivity contribution in [3.8, 4) is 0 Å². The molecule has 1 saturated carbocycles. The Balaban J connectivity index is 1.63. The van der Waals surface area contributed by atoms with Crippen molar-refractivity contribution in [1.29, 1.82) is 0 Å². The van der Waals surface area contributed by atoms with Gasteiger partial charge in [-0.05, 0) is 56.3 Å². The first kappa shape index (κ1) is 20.2. The topological polar surface area (TPSA) is 60.9 Å². The van der Waals surface area contributed by atoms with Crippen molar-refractivity contribution < 1.29 is 14.7 Å². The molecule has 0 radical (unpaired) electrons. The smallest absolute Gasteiger partial charge is 0.317 e. The Morgan fingerprint density at radius 2 is 1.89 bits per heavy atom. The number of nitrogens with zero attached hydrogens (tertiary/aromatic N) is 2. The number of likely N-dealkylation sites (N-methyl/N-ethyl adjacent to an activating group) is 1. The van der Waals surface area contributed by atoms with E-state index in [-0.39, 0.29) is 30.3 Å². The Hall–Kier alpha value is -1.59. The molecule has 1 aromatic rings. The maximum atomic E-state index is 13.3. The molecule has 148 valence electrons. The van der Waals surface area contributed by atoms with Crippen LogP contribution in [0.4, 0.5) is 0 Å². The summed E-state index contributed by atoms with van der Waals surface area (Å²) in [6, 6.07) is 8.18. The van der Waals surface area contributed by atoms with Crippen LogP contribution in [-0.4, -0.2) is 59.5 Å². The predicted octanol–water partition coefficient (Wildman–Crippen LogP) is 3.62. The summed E-state index contributed by atoms with van der Waals surface area (Å²) in [6.07, 6.45) is 5.91. The fraction of sp³-hybridized carbons (Fsp3) is 0.619. The molecule has 1 saturated heterocycles. The summed E-state index contributed by atoms with van der Waals surface area (Å²) >= 11 is 6.18. The van der Waals surface area contributed by atoms with Crippen LogP contribution >= 0.6 is 11.6 Å². The van der Waals surface area contributed by atoms with Crippen LogP contribution in [0.5, 0.6) is 0 Å². The molecule has 2 atom stereocenters. The average Bonchev–Trinajstić information content (AvgIpc) is 2.67. The van der Waals surface area contributed by atoms with Gasteiger partial charge in [-0.3, -0.25) is 14.5 Å². The molecule has 0 bridgehead atoms. The Bertz CT molecular complexity index is 673. The number of carbonyl (C=O) groups is 2. The number of hydrogen-bond acceptors (Lipinski definition) is 3. The maximum Gasteiger partial charge on any atom is 0.317 e. The van der Waals surface area contributed by atoms with E-state index in [2.05, 4.69) is 6.07 Å². The first-order valence-electron chi connectivity index (χ1n) is 9.92. The van der Waals surface area contributed by atoms with Gasteiger partial charge in [-0.1, -0.05) is 36.6 Å². The number of carbonyl (C=O) groups excluding carboxylic acids is 1. The van der Waals surface area contributed by atoms with Crippen molar-refractivity contribution >= 4 is 23.5 Å². The number of carboxylic acids is 1. The quantitative estimate of drug-likeness (QED) is 0.831. The molecule has 2 aliphatic rings. The molecule has 1 N–H and O–H groups in total. The molecule has 3 rings (SSSR count). The van der Waals surface area contributed by atoms with E-state index in [1.807, 2.05) is 35.0 Å². The number of amides is 1. The van der Waals surface area contributed by atoms with Gasteiger partial charge in [0.1, 0.15) is 0 Å². The summed E-state index contributed by atoms with van der Waals surface area (Å²) in [5, 5.41) is 9.69. The van der Waals surface area contributed by atoms with Gasteiger partial charge in [0.15, 0.2) is 0 Å². The molecule has 0 unspecified atom stereocenters. The van der Waals surface area contributed by atoms with Crippen molar-refractivity contribution in [3.63, 3.8) is 0 Å². The molecule has 1 heterocycles. The van der Waals surface area contributed by atoms with E-state index in [0.29, 0.717) is 13.1 Å². The van der Waals surface area contributed by atoms with E-state index in [9.17, 15) is 9.59 Å². The lowest BCUT2D eigenvalue weighted by molar-refractivity contribution is -0.141. The molecule has 2 fully saturated rings. The average molecular weight is 393 g/mol. The van der Waals surface area contributed by atoms with Crippen molar-refractivity contribution in [2.45, 2.75) is 50.5 Å². The summed E-state index contributed by atoms with van der Waals surface area (Å²) < 4.78 is 0. The third-order valence-electron chi connectivity index (χ3n) is 6.14. The van der Waals surface area contributed by atoms with Gasteiger partial charge in [0, 0.05) is 30.1 Å². The van der Waals surface area contributed by atoms with Gasteiger partial charge >= 0.3 is 5.97 Å². The van der Waals surface area contributed by atoms with E-state index >= 15 is 0 Å². The molecule has 27 heavy (non-hydrogen) atoms. The normalized spacial score (nSPS) is 24.2. The lowest BCUT2D eigenvalue weighted by Gasteiger charge is -2.40.